The molecule has 8 atom stereocenters. The van der Waals surface area contributed by atoms with Crippen LogP contribution in [0.15, 0.2) is 12.7 Å². The number of carbonyl (C=O) groups excluding carboxylic acids is 1. The molecule has 3 fully saturated rings. The van der Waals surface area contributed by atoms with Crippen LogP contribution >= 0.6 is 0 Å². The van der Waals surface area contributed by atoms with Crippen molar-refractivity contribution in [2.45, 2.75) is 76.3 Å². The van der Waals surface area contributed by atoms with E-state index in [9.17, 15) is 20.1 Å². The van der Waals surface area contributed by atoms with Crippen molar-refractivity contribution in [3.8, 4) is 0 Å². The largest absolute Gasteiger partial charge is 0.469 e. The molecule has 1 aliphatic heterocycles. The Morgan fingerprint density at radius 3 is 2.48 bits per heavy atom. The minimum absolute atomic E-state index is 0.122. The molecule has 27 heavy (non-hydrogen) atoms. The van der Waals surface area contributed by atoms with Crippen LogP contribution < -0.4 is 0 Å². The zero-order chi connectivity index (χ0) is 20.3. The van der Waals surface area contributed by atoms with Gasteiger partial charge in [0.15, 0.2) is 0 Å². The van der Waals surface area contributed by atoms with Crippen molar-refractivity contribution in [1.82, 2.24) is 0 Å². The number of fused-ring (bicyclic) bond motifs is 3. The first kappa shape index (κ1) is 20.8. The molecule has 0 amide bonds. The standard InChI is InChI=1S/C21H34O6/c1-6-21(12-22)11-13(23)16-18(2)9-8-15(24)20(4,17(25)26-5)14(18)7-10-19(16,3)27-21/h6,13-16,22-24H,1,7-12H2,2-5H3/t13?,14?,15-,16?,18-,19+,20-,21-/m1/s1. The van der Waals surface area contributed by atoms with Crippen molar-refractivity contribution >= 4 is 5.97 Å². The van der Waals surface area contributed by atoms with Crippen molar-refractivity contribution in [3.63, 3.8) is 0 Å². The van der Waals surface area contributed by atoms with Gasteiger partial charge in [-0.25, -0.2) is 0 Å². The maximum absolute atomic E-state index is 12.7. The quantitative estimate of drug-likeness (QED) is 0.509. The minimum atomic E-state index is -1.01. The topological polar surface area (TPSA) is 96.2 Å². The van der Waals surface area contributed by atoms with E-state index >= 15 is 0 Å². The number of hydrogen-bond donors (Lipinski definition) is 3. The number of carbonyl (C=O) groups is 1. The molecule has 2 saturated carbocycles. The van der Waals surface area contributed by atoms with Gasteiger partial charge >= 0.3 is 5.97 Å². The molecule has 0 bridgehead atoms. The van der Waals surface area contributed by atoms with Gasteiger partial charge in [0.25, 0.3) is 0 Å². The number of esters is 1. The third-order valence-corrected chi connectivity index (χ3v) is 8.11. The molecule has 0 spiro atoms. The van der Waals surface area contributed by atoms with Gasteiger partial charge in [-0.1, -0.05) is 13.0 Å². The molecular formula is C21H34O6. The molecule has 6 nitrogen and oxygen atoms in total. The van der Waals surface area contributed by atoms with Crippen LogP contribution in [0.2, 0.25) is 0 Å². The third kappa shape index (κ3) is 2.71. The lowest BCUT2D eigenvalue weighted by Crippen LogP contribution is -2.70. The second-order valence-electron chi connectivity index (χ2n) is 9.52. The fraction of sp³-hybridized carbons (Fsp3) is 0.857. The predicted octanol–water partition coefficient (Wildman–Crippen LogP) is 1.81. The summed E-state index contributed by atoms with van der Waals surface area (Å²) in [4.78, 5) is 12.7. The van der Waals surface area contributed by atoms with Crippen LogP contribution in [0.3, 0.4) is 0 Å². The van der Waals surface area contributed by atoms with Gasteiger partial charge in [0.2, 0.25) is 0 Å². The Kier molecular flexibility index (Phi) is 5.04. The van der Waals surface area contributed by atoms with E-state index in [1.54, 1.807) is 13.0 Å². The van der Waals surface area contributed by atoms with Gasteiger partial charge in [-0.2, -0.15) is 0 Å². The van der Waals surface area contributed by atoms with E-state index in [1.807, 2.05) is 6.92 Å². The fourth-order valence-corrected chi connectivity index (χ4v) is 6.85. The van der Waals surface area contributed by atoms with Crippen molar-refractivity contribution in [3.05, 3.63) is 12.7 Å². The van der Waals surface area contributed by atoms with Crippen molar-refractivity contribution in [1.29, 1.82) is 0 Å². The highest BCUT2D eigenvalue weighted by molar-refractivity contribution is 5.78. The van der Waals surface area contributed by atoms with Crippen LogP contribution in [0.1, 0.15) is 52.9 Å². The first-order valence-electron chi connectivity index (χ1n) is 9.92. The second kappa shape index (κ2) is 6.55. The summed E-state index contributed by atoms with van der Waals surface area (Å²) in [6.07, 6.45) is 2.89. The number of aliphatic hydroxyl groups is 3. The Balaban J connectivity index is 2.05. The van der Waals surface area contributed by atoms with Crippen LogP contribution in [-0.2, 0) is 14.3 Å². The van der Waals surface area contributed by atoms with E-state index in [4.69, 9.17) is 9.47 Å². The molecular weight excluding hydrogens is 348 g/mol. The Morgan fingerprint density at radius 2 is 1.93 bits per heavy atom. The van der Waals surface area contributed by atoms with E-state index in [0.717, 1.165) is 0 Å². The van der Waals surface area contributed by atoms with Gasteiger partial charge in [-0.05, 0) is 50.9 Å². The van der Waals surface area contributed by atoms with Crippen LogP contribution in [0, 0.1) is 22.7 Å². The number of hydrogen-bond acceptors (Lipinski definition) is 6. The Hall–Kier alpha value is -0.950. The maximum Gasteiger partial charge on any atom is 0.314 e. The van der Waals surface area contributed by atoms with E-state index in [1.165, 1.54) is 7.11 Å². The molecule has 3 unspecified atom stereocenters. The van der Waals surface area contributed by atoms with Gasteiger partial charge < -0.3 is 24.8 Å². The van der Waals surface area contributed by atoms with Gasteiger partial charge in [0.05, 0.1) is 36.9 Å². The Bertz CT molecular complexity index is 622. The lowest BCUT2D eigenvalue weighted by atomic mass is 9.43. The highest BCUT2D eigenvalue weighted by atomic mass is 16.5. The van der Waals surface area contributed by atoms with Crippen molar-refractivity contribution < 1.29 is 29.6 Å². The molecule has 154 valence electrons. The predicted molar refractivity (Wildman–Crippen MR) is 99.8 cm³/mol. The molecule has 0 aromatic heterocycles. The molecule has 3 rings (SSSR count). The molecule has 3 N–H and O–H groups in total. The van der Waals surface area contributed by atoms with Crippen molar-refractivity contribution in [2.75, 3.05) is 13.7 Å². The van der Waals surface area contributed by atoms with Crippen LogP contribution in [0.25, 0.3) is 0 Å². The molecule has 3 aliphatic rings. The van der Waals surface area contributed by atoms with Gasteiger partial charge in [0.1, 0.15) is 5.60 Å². The smallest absolute Gasteiger partial charge is 0.314 e. The van der Waals surface area contributed by atoms with E-state index in [-0.39, 0.29) is 24.9 Å². The summed E-state index contributed by atoms with van der Waals surface area (Å²) in [5.41, 5.74) is -2.99. The second-order valence-corrected chi connectivity index (χ2v) is 9.52. The number of rotatable bonds is 3. The van der Waals surface area contributed by atoms with Gasteiger partial charge in [-0.15, -0.1) is 6.58 Å². The molecule has 0 radical (unpaired) electrons. The Labute approximate surface area is 161 Å². The molecule has 0 aromatic carbocycles. The zero-order valence-electron chi connectivity index (χ0n) is 16.9. The maximum atomic E-state index is 12.7. The van der Waals surface area contributed by atoms with E-state index < -0.39 is 40.2 Å². The van der Waals surface area contributed by atoms with Gasteiger partial charge in [-0.3, -0.25) is 4.79 Å². The van der Waals surface area contributed by atoms with Gasteiger partial charge in [0, 0.05) is 12.3 Å². The summed E-state index contributed by atoms with van der Waals surface area (Å²) < 4.78 is 11.5. The molecule has 0 aromatic rings. The van der Waals surface area contributed by atoms with Crippen LogP contribution in [0.4, 0.5) is 0 Å². The van der Waals surface area contributed by atoms with Crippen LogP contribution in [0.5, 0.6) is 0 Å². The highest BCUT2D eigenvalue weighted by Crippen LogP contribution is 2.65. The summed E-state index contributed by atoms with van der Waals surface area (Å²) in [5, 5.41) is 31.8. The van der Waals surface area contributed by atoms with Crippen LogP contribution in [-0.4, -0.2) is 58.4 Å². The highest BCUT2D eigenvalue weighted by Gasteiger charge is 2.68. The van der Waals surface area contributed by atoms with E-state index in [0.29, 0.717) is 25.7 Å². The molecule has 1 heterocycles. The Morgan fingerprint density at radius 1 is 1.26 bits per heavy atom. The molecule has 1 saturated heterocycles. The first-order chi connectivity index (χ1) is 12.5. The number of ether oxygens (including phenoxy) is 2. The first-order valence-corrected chi connectivity index (χ1v) is 9.92. The molecule has 2 aliphatic carbocycles. The lowest BCUT2D eigenvalue weighted by molar-refractivity contribution is -0.299. The van der Waals surface area contributed by atoms with Crippen molar-refractivity contribution in [2.24, 2.45) is 22.7 Å². The summed E-state index contributed by atoms with van der Waals surface area (Å²) in [5.74, 6) is -0.723. The summed E-state index contributed by atoms with van der Waals surface area (Å²) in [6.45, 7) is 9.48. The SMILES string of the molecule is C=C[C@]1(CO)CC(O)C2[C@]3(C)CC[C@@H](O)[C@](C)(C(=O)OC)C3CC[C@]2(C)O1. The summed E-state index contributed by atoms with van der Waals surface area (Å²) in [6, 6.07) is 0. The number of methoxy groups -OCH3 is 1. The molecule has 6 heteroatoms. The minimum Gasteiger partial charge on any atom is -0.469 e. The lowest BCUT2D eigenvalue weighted by Gasteiger charge is -2.66. The summed E-state index contributed by atoms with van der Waals surface area (Å²) >= 11 is 0. The number of aliphatic hydroxyl groups excluding tert-OH is 3. The van der Waals surface area contributed by atoms with E-state index in [2.05, 4.69) is 13.5 Å². The summed E-state index contributed by atoms with van der Waals surface area (Å²) in [7, 11) is 1.36. The zero-order valence-corrected chi connectivity index (χ0v) is 16.9. The average Bonchev–Trinajstić information content (AvgIpc) is 2.63. The fourth-order valence-electron chi connectivity index (χ4n) is 6.85. The normalized spacial score (nSPS) is 52.4. The average molecular weight is 382 g/mol. The monoisotopic (exact) mass is 382 g/mol. The third-order valence-electron chi connectivity index (χ3n) is 8.11.